The van der Waals surface area contributed by atoms with Crippen molar-refractivity contribution in [3.05, 3.63) is 32.7 Å². The van der Waals surface area contributed by atoms with E-state index in [0.29, 0.717) is 31.6 Å². The molecule has 0 aromatic carbocycles. The number of nitrogens with one attached hydrogen (secondary N) is 1. The quantitative estimate of drug-likeness (QED) is 0.909. The number of aryl methyl sites for hydroxylation is 1. The lowest BCUT2D eigenvalue weighted by molar-refractivity contribution is -0.149. The van der Waals surface area contributed by atoms with Gasteiger partial charge in [0, 0.05) is 18.7 Å². The Morgan fingerprint density at radius 3 is 2.88 bits per heavy atom. The number of carbonyl (C=O) groups excluding carboxylic acids is 1. The van der Waals surface area contributed by atoms with Crippen molar-refractivity contribution in [3.63, 3.8) is 0 Å². The molecule has 6 heteroatoms. The van der Waals surface area contributed by atoms with E-state index in [-0.39, 0.29) is 29.2 Å². The Labute approximate surface area is 147 Å². The average Bonchev–Trinajstić information content (AvgIpc) is 2.61. The largest absolute Gasteiger partial charge is 0.374 e. The van der Waals surface area contributed by atoms with Crippen LogP contribution in [0.1, 0.15) is 54.5 Å². The number of ether oxygens (including phenoxy) is 1. The molecule has 2 unspecified atom stereocenters. The molecule has 0 bridgehead atoms. The van der Waals surface area contributed by atoms with Crippen molar-refractivity contribution in [1.82, 2.24) is 9.88 Å². The van der Waals surface area contributed by atoms with Crippen LogP contribution in [0.5, 0.6) is 0 Å². The number of aromatic amines is 1. The minimum absolute atomic E-state index is 0.142. The highest BCUT2D eigenvalue weighted by Crippen LogP contribution is 2.29. The summed E-state index contributed by atoms with van der Waals surface area (Å²) in [5.74, 6) is 0.142. The van der Waals surface area contributed by atoms with Gasteiger partial charge >= 0.3 is 0 Å². The smallest absolute Gasteiger partial charge is 0.266 e. The van der Waals surface area contributed by atoms with E-state index < -0.39 is 0 Å². The van der Waals surface area contributed by atoms with Crippen molar-refractivity contribution in [3.8, 4) is 6.07 Å². The first kappa shape index (κ1) is 17.7. The third-order valence-electron chi connectivity index (χ3n) is 5.56. The molecule has 0 spiro atoms. The monoisotopic (exact) mass is 343 g/mol. The summed E-state index contributed by atoms with van der Waals surface area (Å²) in [6, 6.07) is 2.17. The van der Waals surface area contributed by atoms with Crippen LogP contribution in [0.15, 0.2) is 4.79 Å². The highest BCUT2D eigenvalue weighted by molar-refractivity contribution is 5.77. The van der Waals surface area contributed by atoms with Crippen LogP contribution in [0.25, 0.3) is 0 Å². The standard InChI is InChI=1S/C19H25N3O3/c1-12-14(13(2)21-19(24)15(12)11-20)7-8-18(23)22-9-10-25-17-6-4-3-5-16(17)22/h16-17H,3-10H2,1-2H3,(H,21,24). The molecule has 1 aliphatic carbocycles. The lowest BCUT2D eigenvalue weighted by Crippen LogP contribution is -2.54. The Morgan fingerprint density at radius 1 is 1.36 bits per heavy atom. The van der Waals surface area contributed by atoms with Gasteiger partial charge in [0.2, 0.25) is 5.91 Å². The number of H-pyrrole nitrogens is 1. The number of carbonyl (C=O) groups is 1. The van der Waals surface area contributed by atoms with Crippen molar-refractivity contribution >= 4 is 5.91 Å². The molecule has 2 atom stereocenters. The fraction of sp³-hybridized carbons (Fsp3) is 0.632. The summed E-state index contributed by atoms with van der Waals surface area (Å²) in [5.41, 5.74) is 2.12. The zero-order valence-electron chi connectivity index (χ0n) is 14.9. The second kappa shape index (κ2) is 7.40. The van der Waals surface area contributed by atoms with Gasteiger partial charge in [-0.05, 0) is 44.2 Å². The van der Waals surface area contributed by atoms with Crippen molar-refractivity contribution in [2.75, 3.05) is 13.2 Å². The van der Waals surface area contributed by atoms with Crippen LogP contribution in [-0.4, -0.2) is 41.1 Å². The van der Waals surface area contributed by atoms with E-state index in [0.717, 1.165) is 30.5 Å². The van der Waals surface area contributed by atoms with Gasteiger partial charge in [-0.3, -0.25) is 9.59 Å². The third kappa shape index (κ3) is 3.47. The van der Waals surface area contributed by atoms with E-state index in [1.165, 1.54) is 6.42 Å². The second-order valence-electron chi connectivity index (χ2n) is 7.02. The molecule has 6 nitrogen and oxygen atoms in total. The number of fused-ring (bicyclic) bond motifs is 1. The van der Waals surface area contributed by atoms with Crippen LogP contribution in [-0.2, 0) is 16.0 Å². The van der Waals surface area contributed by atoms with Crippen molar-refractivity contribution in [2.45, 2.75) is 64.5 Å². The fourth-order valence-electron chi connectivity index (χ4n) is 4.20. The number of morpholine rings is 1. The van der Waals surface area contributed by atoms with Gasteiger partial charge in [0.15, 0.2) is 0 Å². The molecule has 1 aromatic rings. The maximum absolute atomic E-state index is 12.8. The Kier molecular flexibility index (Phi) is 5.24. The van der Waals surface area contributed by atoms with Gasteiger partial charge in [-0.15, -0.1) is 0 Å². The number of hydrogen-bond acceptors (Lipinski definition) is 4. The number of hydrogen-bond donors (Lipinski definition) is 1. The number of nitrogens with zero attached hydrogens (tertiary/aromatic N) is 2. The van der Waals surface area contributed by atoms with Gasteiger partial charge in [-0.1, -0.05) is 12.8 Å². The van der Waals surface area contributed by atoms with Crippen LogP contribution < -0.4 is 5.56 Å². The summed E-state index contributed by atoms with van der Waals surface area (Å²) >= 11 is 0. The summed E-state index contributed by atoms with van der Waals surface area (Å²) < 4.78 is 5.84. The molecule has 1 aliphatic heterocycles. The number of pyridine rings is 1. The van der Waals surface area contributed by atoms with Crippen LogP contribution in [0.4, 0.5) is 0 Å². The normalized spacial score (nSPS) is 23.0. The number of amides is 1. The molecule has 3 rings (SSSR count). The summed E-state index contributed by atoms with van der Waals surface area (Å²) in [4.78, 5) is 29.3. The molecule has 1 saturated heterocycles. The van der Waals surface area contributed by atoms with Gasteiger partial charge in [0.05, 0.1) is 18.8 Å². The molecule has 0 radical (unpaired) electrons. The Balaban J connectivity index is 1.72. The zero-order valence-corrected chi connectivity index (χ0v) is 14.9. The molecular formula is C19H25N3O3. The van der Waals surface area contributed by atoms with E-state index >= 15 is 0 Å². The summed E-state index contributed by atoms with van der Waals surface area (Å²) in [5, 5.41) is 9.17. The molecule has 2 aliphatic rings. The van der Waals surface area contributed by atoms with E-state index in [2.05, 4.69) is 4.98 Å². The van der Waals surface area contributed by atoms with E-state index in [4.69, 9.17) is 10.00 Å². The maximum Gasteiger partial charge on any atom is 0.266 e. The molecule has 2 fully saturated rings. The van der Waals surface area contributed by atoms with Crippen LogP contribution >= 0.6 is 0 Å². The van der Waals surface area contributed by atoms with Crippen LogP contribution in [0, 0.1) is 25.2 Å². The molecule has 1 aromatic heterocycles. The first-order valence-electron chi connectivity index (χ1n) is 9.06. The van der Waals surface area contributed by atoms with Crippen molar-refractivity contribution in [1.29, 1.82) is 5.26 Å². The van der Waals surface area contributed by atoms with Crippen molar-refractivity contribution in [2.24, 2.45) is 0 Å². The van der Waals surface area contributed by atoms with Gasteiger partial charge in [0.25, 0.3) is 5.56 Å². The fourth-order valence-corrected chi connectivity index (χ4v) is 4.20. The first-order valence-corrected chi connectivity index (χ1v) is 9.06. The number of rotatable bonds is 3. The van der Waals surface area contributed by atoms with Crippen molar-refractivity contribution < 1.29 is 9.53 Å². The van der Waals surface area contributed by atoms with E-state index in [1.54, 1.807) is 6.92 Å². The van der Waals surface area contributed by atoms with Gasteiger partial charge in [-0.25, -0.2) is 0 Å². The van der Waals surface area contributed by atoms with Crippen LogP contribution in [0.3, 0.4) is 0 Å². The summed E-state index contributed by atoms with van der Waals surface area (Å²) in [6.07, 6.45) is 5.50. The van der Waals surface area contributed by atoms with Gasteiger partial charge < -0.3 is 14.6 Å². The minimum Gasteiger partial charge on any atom is -0.374 e. The Bertz CT molecular complexity index is 760. The molecule has 134 valence electrons. The maximum atomic E-state index is 12.8. The number of nitriles is 1. The van der Waals surface area contributed by atoms with E-state index in [9.17, 15) is 9.59 Å². The average molecular weight is 343 g/mol. The van der Waals surface area contributed by atoms with Crippen LogP contribution in [0.2, 0.25) is 0 Å². The molecular weight excluding hydrogens is 318 g/mol. The summed E-state index contributed by atoms with van der Waals surface area (Å²) in [6.45, 7) is 4.88. The molecule has 2 heterocycles. The summed E-state index contributed by atoms with van der Waals surface area (Å²) in [7, 11) is 0. The Morgan fingerprint density at radius 2 is 2.12 bits per heavy atom. The zero-order chi connectivity index (χ0) is 18.0. The molecule has 25 heavy (non-hydrogen) atoms. The molecule has 1 amide bonds. The predicted molar refractivity (Wildman–Crippen MR) is 93.3 cm³/mol. The topological polar surface area (TPSA) is 86.2 Å². The molecule has 1 N–H and O–H groups in total. The van der Waals surface area contributed by atoms with Gasteiger partial charge in [0.1, 0.15) is 11.6 Å². The first-order chi connectivity index (χ1) is 12.0. The van der Waals surface area contributed by atoms with E-state index in [1.807, 2.05) is 17.9 Å². The predicted octanol–water partition coefficient (Wildman–Crippen LogP) is 1.97. The number of aromatic nitrogens is 1. The van der Waals surface area contributed by atoms with Gasteiger partial charge in [-0.2, -0.15) is 5.26 Å². The lowest BCUT2D eigenvalue weighted by Gasteiger charge is -2.43. The highest BCUT2D eigenvalue weighted by atomic mass is 16.5. The molecule has 1 saturated carbocycles. The third-order valence-corrected chi connectivity index (χ3v) is 5.56. The lowest BCUT2D eigenvalue weighted by atomic mass is 9.89. The minimum atomic E-state index is -0.356. The SMILES string of the molecule is Cc1[nH]c(=O)c(C#N)c(C)c1CCC(=O)N1CCOC2CCCCC21. The second-order valence-corrected chi connectivity index (χ2v) is 7.02. The Hall–Kier alpha value is -2.13. The highest BCUT2D eigenvalue weighted by Gasteiger charge is 2.36.